The molecule has 3 aliphatic rings. The molecule has 0 aromatic carbocycles. The maximum Gasteiger partial charge on any atom is 0.229 e. The Labute approximate surface area is 122 Å². The van der Waals surface area contributed by atoms with Gasteiger partial charge in [-0.05, 0) is 46.2 Å². The van der Waals surface area contributed by atoms with E-state index in [2.05, 4.69) is 29.1 Å². The van der Waals surface area contributed by atoms with E-state index in [1.807, 2.05) is 0 Å². The first kappa shape index (κ1) is 15.1. The van der Waals surface area contributed by atoms with Crippen LogP contribution in [-0.4, -0.2) is 61.0 Å². The number of carbonyl (C=O) groups excluding carboxylic acids is 1. The summed E-state index contributed by atoms with van der Waals surface area (Å²) in [6.45, 7) is 5.87. The Kier molecular flexibility index (Phi) is 4.43. The summed E-state index contributed by atoms with van der Waals surface area (Å²) < 4.78 is 0. The molecular formula is C14H26ClN3O. The van der Waals surface area contributed by atoms with Crippen molar-refractivity contribution < 1.29 is 4.79 Å². The molecule has 3 saturated heterocycles. The molecule has 5 heteroatoms. The minimum atomic E-state index is -0.151. The molecule has 3 rings (SSSR count). The van der Waals surface area contributed by atoms with Crippen LogP contribution in [0, 0.1) is 5.41 Å². The molecule has 3 fully saturated rings. The second kappa shape index (κ2) is 5.58. The van der Waals surface area contributed by atoms with Crippen LogP contribution in [0.2, 0.25) is 0 Å². The zero-order chi connectivity index (χ0) is 12.8. The second-order valence-corrected chi connectivity index (χ2v) is 6.58. The SMILES string of the molecule is CN1C2CCC1CN(C(=O)C1(C)CCNC1)CC2.Cl. The Hall–Kier alpha value is -0.320. The zero-order valence-corrected chi connectivity index (χ0v) is 12.8. The molecule has 0 aliphatic carbocycles. The van der Waals surface area contributed by atoms with Crippen LogP contribution < -0.4 is 5.32 Å². The number of likely N-dealkylation sites (tertiary alicyclic amines) is 1. The summed E-state index contributed by atoms with van der Waals surface area (Å²) in [5.74, 6) is 0.383. The van der Waals surface area contributed by atoms with Crippen molar-refractivity contribution in [1.29, 1.82) is 0 Å². The molecule has 19 heavy (non-hydrogen) atoms. The summed E-state index contributed by atoms with van der Waals surface area (Å²) in [6, 6.07) is 1.31. The molecule has 3 atom stereocenters. The predicted molar refractivity (Wildman–Crippen MR) is 78.6 cm³/mol. The van der Waals surface area contributed by atoms with Crippen molar-refractivity contribution in [1.82, 2.24) is 15.1 Å². The quantitative estimate of drug-likeness (QED) is 0.785. The number of rotatable bonds is 1. The van der Waals surface area contributed by atoms with Gasteiger partial charge in [-0.25, -0.2) is 0 Å². The number of likely N-dealkylation sites (N-methyl/N-ethyl adjacent to an activating group) is 1. The monoisotopic (exact) mass is 287 g/mol. The summed E-state index contributed by atoms with van der Waals surface area (Å²) in [5.41, 5.74) is -0.151. The number of nitrogens with zero attached hydrogens (tertiary/aromatic N) is 2. The molecule has 0 spiro atoms. The molecule has 1 N–H and O–H groups in total. The van der Waals surface area contributed by atoms with E-state index in [4.69, 9.17) is 0 Å². The predicted octanol–water partition coefficient (Wildman–Crippen LogP) is 1.10. The number of fused-ring (bicyclic) bond motifs is 2. The van der Waals surface area contributed by atoms with E-state index >= 15 is 0 Å². The highest BCUT2D eigenvalue weighted by Gasteiger charge is 2.42. The van der Waals surface area contributed by atoms with Crippen molar-refractivity contribution in [3.63, 3.8) is 0 Å². The molecule has 2 bridgehead atoms. The maximum atomic E-state index is 12.7. The Morgan fingerprint density at radius 2 is 2.00 bits per heavy atom. The van der Waals surface area contributed by atoms with Crippen molar-refractivity contribution in [2.45, 2.75) is 44.7 Å². The average Bonchev–Trinajstić information content (AvgIpc) is 2.85. The average molecular weight is 288 g/mol. The van der Waals surface area contributed by atoms with Gasteiger partial charge < -0.3 is 10.2 Å². The number of carbonyl (C=O) groups is 1. The molecule has 3 aliphatic heterocycles. The van der Waals surface area contributed by atoms with E-state index in [9.17, 15) is 4.79 Å². The molecule has 0 saturated carbocycles. The van der Waals surface area contributed by atoms with Gasteiger partial charge in [0.25, 0.3) is 0 Å². The topological polar surface area (TPSA) is 35.6 Å². The van der Waals surface area contributed by atoms with Crippen molar-refractivity contribution >= 4 is 18.3 Å². The number of hydrogen-bond acceptors (Lipinski definition) is 3. The third-order valence-electron chi connectivity index (χ3n) is 5.32. The van der Waals surface area contributed by atoms with Crippen LogP contribution in [0.3, 0.4) is 0 Å². The highest BCUT2D eigenvalue weighted by Crippen LogP contribution is 2.32. The van der Waals surface area contributed by atoms with E-state index in [0.29, 0.717) is 18.0 Å². The van der Waals surface area contributed by atoms with Crippen LogP contribution in [-0.2, 0) is 4.79 Å². The van der Waals surface area contributed by atoms with Crippen molar-refractivity contribution in [3.8, 4) is 0 Å². The van der Waals surface area contributed by atoms with Crippen molar-refractivity contribution in [2.75, 3.05) is 33.2 Å². The molecule has 0 radical (unpaired) electrons. The van der Waals surface area contributed by atoms with Crippen molar-refractivity contribution in [3.05, 3.63) is 0 Å². The summed E-state index contributed by atoms with van der Waals surface area (Å²) in [4.78, 5) is 17.4. The van der Waals surface area contributed by atoms with Gasteiger partial charge in [0.15, 0.2) is 0 Å². The third-order valence-corrected chi connectivity index (χ3v) is 5.32. The van der Waals surface area contributed by atoms with E-state index in [1.165, 1.54) is 12.8 Å². The van der Waals surface area contributed by atoms with Gasteiger partial charge in [-0.15, -0.1) is 12.4 Å². The standard InChI is InChI=1S/C14H25N3O.ClH/c1-14(6-7-15-10-14)13(18)17-8-5-11-3-4-12(9-17)16(11)2;/h11-12,15H,3-10H2,1-2H3;1H. The van der Waals surface area contributed by atoms with Crippen molar-refractivity contribution in [2.24, 2.45) is 5.41 Å². The fourth-order valence-corrected chi connectivity index (χ4v) is 3.87. The molecule has 0 aromatic rings. The second-order valence-electron chi connectivity index (χ2n) is 6.58. The van der Waals surface area contributed by atoms with Crippen LogP contribution in [0.5, 0.6) is 0 Å². The molecule has 110 valence electrons. The minimum absolute atomic E-state index is 0. The number of amides is 1. The Balaban J connectivity index is 0.00000133. The van der Waals surface area contributed by atoms with Gasteiger partial charge >= 0.3 is 0 Å². The molecule has 3 unspecified atom stereocenters. The lowest BCUT2D eigenvalue weighted by Crippen LogP contribution is -2.47. The molecule has 1 amide bonds. The van der Waals surface area contributed by atoms with E-state index in [-0.39, 0.29) is 17.8 Å². The summed E-state index contributed by atoms with van der Waals surface area (Å²) in [5, 5.41) is 3.33. The first-order valence-electron chi connectivity index (χ1n) is 7.32. The lowest BCUT2D eigenvalue weighted by molar-refractivity contribution is -0.140. The van der Waals surface area contributed by atoms with Crippen LogP contribution in [0.25, 0.3) is 0 Å². The summed E-state index contributed by atoms with van der Waals surface area (Å²) in [7, 11) is 2.23. The Bertz CT molecular complexity index is 344. The maximum absolute atomic E-state index is 12.7. The van der Waals surface area contributed by atoms with E-state index < -0.39 is 0 Å². The van der Waals surface area contributed by atoms with Crippen LogP contribution >= 0.6 is 12.4 Å². The third kappa shape index (κ3) is 2.63. The highest BCUT2D eigenvalue weighted by molar-refractivity contribution is 5.85. The summed E-state index contributed by atoms with van der Waals surface area (Å²) >= 11 is 0. The first-order chi connectivity index (χ1) is 8.60. The fraction of sp³-hybridized carbons (Fsp3) is 0.929. The number of halogens is 1. The zero-order valence-electron chi connectivity index (χ0n) is 12.0. The van der Waals surface area contributed by atoms with Crippen LogP contribution in [0.1, 0.15) is 32.6 Å². The molecule has 0 aromatic heterocycles. The Morgan fingerprint density at radius 1 is 1.26 bits per heavy atom. The van der Waals surface area contributed by atoms with Gasteiger partial charge in [0.2, 0.25) is 5.91 Å². The van der Waals surface area contributed by atoms with Crippen LogP contribution in [0.4, 0.5) is 0 Å². The lowest BCUT2D eigenvalue weighted by Gasteiger charge is -2.32. The van der Waals surface area contributed by atoms with Gasteiger partial charge in [-0.3, -0.25) is 9.69 Å². The van der Waals surface area contributed by atoms with E-state index in [1.54, 1.807) is 0 Å². The normalized spacial score (nSPS) is 38.9. The minimum Gasteiger partial charge on any atom is -0.341 e. The number of hydrogen-bond donors (Lipinski definition) is 1. The molecule has 3 heterocycles. The lowest BCUT2D eigenvalue weighted by atomic mass is 9.87. The smallest absolute Gasteiger partial charge is 0.229 e. The van der Waals surface area contributed by atoms with Gasteiger partial charge in [-0.2, -0.15) is 0 Å². The largest absolute Gasteiger partial charge is 0.341 e. The molecule has 4 nitrogen and oxygen atoms in total. The molecular weight excluding hydrogens is 262 g/mol. The Morgan fingerprint density at radius 3 is 2.68 bits per heavy atom. The fourth-order valence-electron chi connectivity index (χ4n) is 3.87. The van der Waals surface area contributed by atoms with Gasteiger partial charge in [0.1, 0.15) is 0 Å². The highest BCUT2D eigenvalue weighted by atomic mass is 35.5. The summed E-state index contributed by atoms with van der Waals surface area (Å²) in [6.07, 6.45) is 4.73. The number of nitrogens with one attached hydrogen (secondary N) is 1. The van der Waals surface area contributed by atoms with Gasteiger partial charge in [0.05, 0.1) is 5.41 Å². The van der Waals surface area contributed by atoms with Crippen LogP contribution in [0.15, 0.2) is 0 Å². The van der Waals surface area contributed by atoms with E-state index in [0.717, 1.165) is 39.0 Å². The van der Waals surface area contributed by atoms with Gasteiger partial charge in [-0.1, -0.05) is 0 Å². The van der Waals surface area contributed by atoms with Gasteiger partial charge in [0, 0.05) is 31.7 Å². The first-order valence-corrected chi connectivity index (χ1v) is 7.32.